The number of rotatable bonds is 4. The number of nitriles is 1. The van der Waals surface area contributed by atoms with E-state index in [1.165, 1.54) is 12.1 Å². The van der Waals surface area contributed by atoms with Crippen molar-refractivity contribution in [1.29, 1.82) is 5.26 Å². The molecule has 0 radical (unpaired) electrons. The third-order valence-electron chi connectivity index (χ3n) is 1.83. The van der Waals surface area contributed by atoms with E-state index in [1.54, 1.807) is 6.92 Å². The Morgan fingerprint density at radius 3 is 2.60 bits per heavy atom. The predicted molar refractivity (Wildman–Crippen MR) is 53.1 cm³/mol. The van der Waals surface area contributed by atoms with Crippen LogP contribution in [0.2, 0.25) is 0 Å². The van der Waals surface area contributed by atoms with E-state index in [9.17, 15) is 9.59 Å². The topological polar surface area (TPSA) is 67.2 Å². The van der Waals surface area contributed by atoms with E-state index >= 15 is 0 Å². The smallest absolute Gasteiger partial charge is 0.151 e. The van der Waals surface area contributed by atoms with Crippen LogP contribution >= 0.6 is 0 Å². The number of hydrogen-bond donors (Lipinski definition) is 0. The maximum atomic E-state index is 10.7. The van der Waals surface area contributed by atoms with E-state index in [-0.39, 0.29) is 16.9 Å². The average Bonchev–Trinajstić information content (AvgIpc) is 2.28. The summed E-state index contributed by atoms with van der Waals surface area (Å²) >= 11 is 0. The fourth-order valence-corrected chi connectivity index (χ4v) is 1.21. The van der Waals surface area contributed by atoms with Crippen LogP contribution in [-0.2, 0) is 0 Å². The lowest BCUT2D eigenvalue weighted by Gasteiger charge is -2.07. The molecule has 0 bridgehead atoms. The fourth-order valence-electron chi connectivity index (χ4n) is 1.21. The van der Waals surface area contributed by atoms with Crippen molar-refractivity contribution in [3.63, 3.8) is 0 Å². The molecule has 0 unspecified atom stereocenters. The quantitative estimate of drug-likeness (QED) is 0.697. The molecule has 0 amide bonds. The summed E-state index contributed by atoms with van der Waals surface area (Å²) in [6.45, 7) is 2.13. The zero-order valence-corrected chi connectivity index (χ0v) is 8.19. The average molecular weight is 203 g/mol. The predicted octanol–water partition coefficient (Wildman–Crippen LogP) is 1.58. The first kappa shape index (κ1) is 10.9. The molecule has 0 aliphatic carbocycles. The maximum Gasteiger partial charge on any atom is 0.151 e. The van der Waals surface area contributed by atoms with Gasteiger partial charge in [-0.3, -0.25) is 9.59 Å². The van der Waals surface area contributed by atoms with Crippen LogP contribution in [-0.4, -0.2) is 19.2 Å². The number of ether oxygens (including phenoxy) is 1. The second kappa shape index (κ2) is 4.91. The lowest BCUT2D eigenvalue weighted by atomic mass is 10.0. The molecule has 76 valence electrons. The second-order valence-corrected chi connectivity index (χ2v) is 2.76. The lowest BCUT2D eigenvalue weighted by molar-refractivity contribution is 0.112. The molecule has 1 aromatic rings. The Bertz CT molecular complexity index is 432. The number of hydrogen-bond acceptors (Lipinski definition) is 4. The molecular weight excluding hydrogens is 194 g/mol. The molecule has 0 N–H and O–H groups in total. The third kappa shape index (κ3) is 2.20. The van der Waals surface area contributed by atoms with Gasteiger partial charge in [0.05, 0.1) is 6.61 Å². The van der Waals surface area contributed by atoms with E-state index < -0.39 is 0 Å². The summed E-state index contributed by atoms with van der Waals surface area (Å²) in [6.07, 6.45) is 1.14. The van der Waals surface area contributed by atoms with Crippen molar-refractivity contribution < 1.29 is 14.3 Å². The van der Waals surface area contributed by atoms with Gasteiger partial charge in [-0.25, -0.2) is 0 Å². The molecule has 1 rings (SSSR count). The summed E-state index contributed by atoms with van der Waals surface area (Å²) in [5, 5.41) is 8.84. The molecule has 1 aromatic carbocycles. The largest absolute Gasteiger partial charge is 0.492 e. The molecule has 0 atom stereocenters. The van der Waals surface area contributed by atoms with Crippen LogP contribution in [0.4, 0.5) is 0 Å². The van der Waals surface area contributed by atoms with E-state index in [0.717, 1.165) is 0 Å². The van der Waals surface area contributed by atoms with Gasteiger partial charge in [-0.15, -0.1) is 0 Å². The van der Waals surface area contributed by atoms with Gasteiger partial charge >= 0.3 is 0 Å². The molecule has 0 heterocycles. The highest BCUT2D eigenvalue weighted by molar-refractivity contribution is 5.86. The summed E-state index contributed by atoms with van der Waals surface area (Å²) < 4.78 is 5.17. The molecule has 4 nitrogen and oxygen atoms in total. The van der Waals surface area contributed by atoms with Crippen LogP contribution < -0.4 is 4.74 Å². The number of benzene rings is 1. The first-order chi connectivity index (χ1) is 7.26. The van der Waals surface area contributed by atoms with Crippen LogP contribution in [0.5, 0.6) is 5.75 Å². The van der Waals surface area contributed by atoms with Crippen molar-refractivity contribution in [3.8, 4) is 11.8 Å². The molecular formula is C11H9NO3. The van der Waals surface area contributed by atoms with Crippen molar-refractivity contribution in [2.45, 2.75) is 6.92 Å². The van der Waals surface area contributed by atoms with Gasteiger partial charge in [0.2, 0.25) is 0 Å². The number of aldehydes is 2. The van der Waals surface area contributed by atoms with Crippen LogP contribution in [0.3, 0.4) is 0 Å². The normalized spacial score (nSPS) is 9.07. The number of carbonyl (C=O) groups excluding carboxylic acids is 2. The van der Waals surface area contributed by atoms with Crippen molar-refractivity contribution >= 4 is 12.6 Å². The Balaban J connectivity index is 3.39. The first-order valence-electron chi connectivity index (χ1n) is 4.38. The Hall–Kier alpha value is -2.15. The van der Waals surface area contributed by atoms with Crippen LogP contribution in [0.1, 0.15) is 33.2 Å². The highest BCUT2D eigenvalue weighted by Gasteiger charge is 2.10. The lowest BCUT2D eigenvalue weighted by Crippen LogP contribution is -1.99. The second-order valence-electron chi connectivity index (χ2n) is 2.76. The first-order valence-corrected chi connectivity index (χ1v) is 4.38. The van der Waals surface area contributed by atoms with Crippen LogP contribution in [0.15, 0.2) is 12.1 Å². The van der Waals surface area contributed by atoms with Gasteiger partial charge in [-0.1, -0.05) is 0 Å². The molecule has 0 fully saturated rings. The molecule has 0 aromatic heterocycles. The molecule has 0 aliphatic rings. The summed E-state index contributed by atoms with van der Waals surface area (Å²) in [4.78, 5) is 21.3. The molecule has 15 heavy (non-hydrogen) atoms. The number of nitrogens with zero attached hydrogens (tertiary/aromatic N) is 1. The van der Waals surface area contributed by atoms with E-state index in [1.807, 2.05) is 6.07 Å². The van der Waals surface area contributed by atoms with Gasteiger partial charge in [0.1, 0.15) is 23.7 Å². The van der Waals surface area contributed by atoms with Crippen molar-refractivity contribution in [2.75, 3.05) is 6.61 Å². The molecule has 0 aliphatic heterocycles. The minimum Gasteiger partial charge on any atom is -0.492 e. The fraction of sp³-hybridized carbons (Fsp3) is 0.182. The molecule has 0 saturated heterocycles. The van der Waals surface area contributed by atoms with Crippen molar-refractivity contribution in [2.24, 2.45) is 0 Å². The molecule has 0 spiro atoms. The SMILES string of the molecule is CCOc1cc(C=O)cc(C=O)c1C#N. The third-order valence-corrected chi connectivity index (χ3v) is 1.83. The van der Waals surface area contributed by atoms with E-state index in [2.05, 4.69) is 0 Å². The van der Waals surface area contributed by atoms with Gasteiger partial charge in [-0.2, -0.15) is 5.26 Å². The summed E-state index contributed by atoms with van der Waals surface area (Å²) in [5.74, 6) is 0.270. The van der Waals surface area contributed by atoms with E-state index in [4.69, 9.17) is 10.00 Å². The zero-order valence-electron chi connectivity index (χ0n) is 8.19. The Kier molecular flexibility index (Phi) is 3.58. The number of carbonyl (C=O) groups is 2. The Morgan fingerprint density at radius 1 is 1.40 bits per heavy atom. The maximum absolute atomic E-state index is 10.7. The van der Waals surface area contributed by atoms with E-state index in [0.29, 0.717) is 24.7 Å². The molecule has 4 heteroatoms. The summed E-state index contributed by atoms with van der Waals surface area (Å²) in [5.41, 5.74) is 0.655. The zero-order chi connectivity index (χ0) is 11.3. The Labute approximate surface area is 87.1 Å². The standard InChI is InChI=1S/C11H9NO3/c1-2-15-11-4-8(6-13)3-9(7-14)10(11)5-12/h3-4,6-7H,2H2,1H3. The summed E-state index contributed by atoms with van der Waals surface area (Å²) in [7, 11) is 0. The summed E-state index contributed by atoms with van der Waals surface area (Å²) in [6, 6.07) is 4.69. The highest BCUT2D eigenvalue weighted by Crippen LogP contribution is 2.22. The highest BCUT2D eigenvalue weighted by atomic mass is 16.5. The van der Waals surface area contributed by atoms with Gasteiger partial charge in [0, 0.05) is 11.1 Å². The van der Waals surface area contributed by atoms with Gasteiger partial charge in [-0.05, 0) is 19.1 Å². The minimum absolute atomic E-state index is 0.164. The van der Waals surface area contributed by atoms with Crippen LogP contribution in [0.25, 0.3) is 0 Å². The van der Waals surface area contributed by atoms with Crippen LogP contribution in [0, 0.1) is 11.3 Å². The minimum atomic E-state index is 0.164. The Morgan fingerprint density at radius 2 is 2.13 bits per heavy atom. The monoisotopic (exact) mass is 203 g/mol. The van der Waals surface area contributed by atoms with Gasteiger partial charge < -0.3 is 4.74 Å². The van der Waals surface area contributed by atoms with Crippen molar-refractivity contribution in [3.05, 3.63) is 28.8 Å². The van der Waals surface area contributed by atoms with Gasteiger partial charge in [0.15, 0.2) is 6.29 Å². The van der Waals surface area contributed by atoms with Crippen molar-refractivity contribution in [1.82, 2.24) is 0 Å². The van der Waals surface area contributed by atoms with Gasteiger partial charge in [0.25, 0.3) is 0 Å². The molecule has 0 saturated carbocycles.